The smallest absolute Gasteiger partial charge is 0.239 e. The summed E-state index contributed by atoms with van der Waals surface area (Å²) >= 11 is 0. The Hall–Kier alpha value is -3.14. The number of ether oxygens (including phenoxy) is 3. The third kappa shape index (κ3) is 8.96. The van der Waals surface area contributed by atoms with Gasteiger partial charge >= 0.3 is 0 Å². The van der Waals surface area contributed by atoms with Gasteiger partial charge in [-0.05, 0) is 87.0 Å². The number of aliphatic hydroxyl groups excluding tert-OH is 2. The molecule has 288 valence electrons. The van der Waals surface area contributed by atoms with Crippen LogP contribution in [0.3, 0.4) is 0 Å². The van der Waals surface area contributed by atoms with Crippen molar-refractivity contribution in [2.24, 2.45) is 28.8 Å². The van der Waals surface area contributed by atoms with Gasteiger partial charge in [0.15, 0.2) is 0 Å². The van der Waals surface area contributed by atoms with Crippen molar-refractivity contribution < 1.29 is 34.1 Å². The molecular weight excluding hydrogens is 656 g/mol. The van der Waals surface area contributed by atoms with Gasteiger partial charge in [-0.25, -0.2) is 0 Å². The molecule has 2 saturated carbocycles. The molecule has 9 heteroatoms. The van der Waals surface area contributed by atoms with Crippen molar-refractivity contribution in [3.05, 3.63) is 60.7 Å². The van der Waals surface area contributed by atoms with Crippen LogP contribution < -0.4 is 9.47 Å². The van der Waals surface area contributed by atoms with Crippen molar-refractivity contribution in [1.82, 2.24) is 4.90 Å². The molecule has 0 saturated heterocycles. The molecule has 9 nitrogen and oxygen atoms in total. The van der Waals surface area contributed by atoms with Gasteiger partial charge in [-0.1, -0.05) is 75.4 Å². The highest BCUT2D eigenvalue weighted by Gasteiger charge is 2.65. The van der Waals surface area contributed by atoms with Crippen molar-refractivity contribution in [2.45, 2.75) is 121 Å². The molecule has 1 aromatic carbocycles. The predicted molar refractivity (Wildman–Crippen MR) is 205 cm³/mol. The molecule has 5 rings (SSSR count). The summed E-state index contributed by atoms with van der Waals surface area (Å²) < 4.78 is 20.5. The second kappa shape index (κ2) is 19.8. The quantitative estimate of drug-likeness (QED) is 0.0708. The number of aliphatic hydroxyl groups is 2. The van der Waals surface area contributed by atoms with E-state index in [0.29, 0.717) is 38.5 Å². The molecule has 2 fully saturated rings. The SMILES string of the molecule is C=CCOc1ccc2c(c1)C1C(CCCCO)C(CCCCO)C=C3C(=NOCC)CC(N(CCC)C(=O)CCC4CCCC4)C(OCC=C)(O2)C31. The molecule has 1 aliphatic heterocycles. The van der Waals surface area contributed by atoms with Gasteiger partial charge in [0.05, 0.1) is 18.2 Å². The Morgan fingerprint density at radius 2 is 1.79 bits per heavy atom. The summed E-state index contributed by atoms with van der Waals surface area (Å²) in [6.07, 6.45) is 18.5. The first kappa shape index (κ1) is 40.1. The summed E-state index contributed by atoms with van der Waals surface area (Å²) in [6.45, 7) is 13.9. The first-order valence-corrected chi connectivity index (χ1v) is 20.2. The molecule has 0 aromatic heterocycles. The monoisotopic (exact) mass is 720 g/mol. The van der Waals surface area contributed by atoms with Crippen molar-refractivity contribution in [2.75, 3.05) is 39.6 Å². The first-order valence-electron chi connectivity index (χ1n) is 20.2. The fourth-order valence-electron chi connectivity index (χ4n) is 9.50. The van der Waals surface area contributed by atoms with Crippen LogP contribution in [-0.4, -0.2) is 78.1 Å². The summed E-state index contributed by atoms with van der Waals surface area (Å²) in [7, 11) is 0. The molecule has 1 amide bonds. The van der Waals surface area contributed by atoms with Crippen LogP contribution in [0.25, 0.3) is 0 Å². The minimum atomic E-state index is -1.21. The van der Waals surface area contributed by atoms with Gasteiger partial charge in [-0.3, -0.25) is 4.79 Å². The van der Waals surface area contributed by atoms with E-state index >= 15 is 0 Å². The third-order valence-corrected chi connectivity index (χ3v) is 11.7. The van der Waals surface area contributed by atoms with Gasteiger partial charge in [0, 0.05) is 44.1 Å². The highest BCUT2D eigenvalue weighted by atomic mass is 16.7. The minimum Gasteiger partial charge on any atom is -0.490 e. The standard InChI is InChI=1S/C43H64N2O7/c1-5-23-45(40(48)22-19-31-15-9-10-16-31)39-30-37(44-51-8-4)35-28-32(17-11-13-24-46)34(18-12-14-25-47)41-36-29-33(49-26-6-2)20-21-38(36)52-43(39,42(35)41)50-27-7-3/h6-7,20-21,28-29,31-32,34,39,41-42,46-47H,2-3,5,8-19,22-27,30H2,1,4H3. The number of carbonyl (C=O) groups is 1. The van der Waals surface area contributed by atoms with Gasteiger partial charge in [0.2, 0.25) is 11.7 Å². The van der Waals surface area contributed by atoms with Gasteiger partial charge in [0.1, 0.15) is 30.8 Å². The fourth-order valence-corrected chi connectivity index (χ4v) is 9.50. The Labute approximate surface area is 312 Å². The van der Waals surface area contributed by atoms with Crippen LogP contribution in [0.2, 0.25) is 0 Å². The van der Waals surface area contributed by atoms with E-state index in [1.807, 2.05) is 24.0 Å². The lowest BCUT2D eigenvalue weighted by atomic mass is 9.55. The molecule has 6 atom stereocenters. The second-order valence-corrected chi connectivity index (χ2v) is 15.1. The topological polar surface area (TPSA) is 110 Å². The molecule has 0 bridgehead atoms. The zero-order valence-corrected chi connectivity index (χ0v) is 31.8. The van der Waals surface area contributed by atoms with Crippen LogP contribution in [0.15, 0.2) is 60.3 Å². The van der Waals surface area contributed by atoms with E-state index in [2.05, 4.69) is 32.2 Å². The third-order valence-electron chi connectivity index (χ3n) is 11.7. The summed E-state index contributed by atoms with van der Waals surface area (Å²) in [6, 6.07) is 5.60. The molecule has 6 unspecified atom stereocenters. The van der Waals surface area contributed by atoms with Gasteiger partial charge < -0.3 is 34.2 Å². The number of carbonyl (C=O) groups excluding carboxylic acids is 1. The van der Waals surface area contributed by atoms with E-state index in [0.717, 1.165) is 79.7 Å². The largest absolute Gasteiger partial charge is 0.490 e. The highest BCUT2D eigenvalue weighted by molar-refractivity contribution is 6.03. The molecule has 52 heavy (non-hydrogen) atoms. The number of rotatable bonds is 22. The number of benzene rings is 1. The van der Waals surface area contributed by atoms with Crippen LogP contribution in [0.4, 0.5) is 0 Å². The van der Waals surface area contributed by atoms with Crippen molar-refractivity contribution in [1.29, 1.82) is 0 Å². The number of allylic oxidation sites excluding steroid dienone is 1. The summed E-state index contributed by atoms with van der Waals surface area (Å²) in [5.41, 5.74) is 2.96. The summed E-state index contributed by atoms with van der Waals surface area (Å²) in [4.78, 5) is 22.4. The van der Waals surface area contributed by atoms with Crippen LogP contribution in [0, 0.1) is 23.7 Å². The number of nitrogens with zero attached hydrogens (tertiary/aromatic N) is 2. The van der Waals surface area contributed by atoms with E-state index in [1.165, 1.54) is 25.7 Å². The van der Waals surface area contributed by atoms with E-state index in [-0.39, 0.29) is 49.4 Å². The Morgan fingerprint density at radius 1 is 1.04 bits per heavy atom. The minimum absolute atomic E-state index is 0.0645. The Kier molecular flexibility index (Phi) is 15.2. The van der Waals surface area contributed by atoms with Gasteiger partial charge in [-0.2, -0.15) is 0 Å². The average Bonchev–Trinajstić information content (AvgIpc) is 3.69. The number of amides is 1. The molecular formula is C43H64N2O7. The maximum Gasteiger partial charge on any atom is 0.239 e. The highest BCUT2D eigenvalue weighted by Crippen LogP contribution is 2.62. The van der Waals surface area contributed by atoms with Crippen molar-refractivity contribution in [3.63, 3.8) is 0 Å². The zero-order chi connectivity index (χ0) is 36.9. The Bertz CT molecular complexity index is 1390. The predicted octanol–water partition coefficient (Wildman–Crippen LogP) is 8.11. The van der Waals surface area contributed by atoms with E-state index in [1.54, 1.807) is 12.2 Å². The zero-order valence-electron chi connectivity index (χ0n) is 31.8. The van der Waals surface area contributed by atoms with Crippen LogP contribution in [-0.2, 0) is 14.4 Å². The lowest BCUT2D eigenvalue weighted by molar-refractivity contribution is -0.257. The average molecular weight is 721 g/mol. The van der Waals surface area contributed by atoms with Crippen LogP contribution in [0.5, 0.6) is 11.5 Å². The van der Waals surface area contributed by atoms with Crippen LogP contribution in [0.1, 0.15) is 115 Å². The second-order valence-electron chi connectivity index (χ2n) is 15.1. The lowest BCUT2D eigenvalue weighted by Gasteiger charge is -2.60. The molecule has 1 aromatic rings. The van der Waals surface area contributed by atoms with E-state index in [9.17, 15) is 15.0 Å². The maximum atomic E-state index is 14.5. The molecule has 2 N–H and O–H groups in total. The molecule has 1 heterocycles. The number of hydrogen-bond acceptors (Lipinski definition) is 8. The molecule has 0 spiro atoms. The first-order chi connectivity index (χ1) is 25.5. The number of hydrogen-bond donors (Lipinski definition) is 2. The lowest BCUT2D eigenvalue weighted by Crippen LogP contribution is -2.70. The van der Waals surface area contributed by atoms with Gasteiger partial charge in [-0.15, -0.1) is 6.58 Å². The van der Waals surface area contributed by atoms with Crippen molar-refractivity contribution >= 4 is 11.6 Å². The van der Waals surface area contributed by atoms with Gasteiger partial charge in [0.25, 0.3) is 0 Å². The number of fused-ring (bicyclic) bond motifs is 2. The van der Waals surface area contributed by atoms with E-state index < -0.39 is 11.8 Å². The normalized spacial score (nSPS) is 27.3. The van der Waals surface area contributed by atoms with Crippen molar-refractivity contribution in [3.8, 4) is 11.5 Å². The summed E-state index contributed by atoms with van der Waals surface area (Å²) in [5, 5.41) is 24.4. The molecule has 3 aliphatic carbocycles. The summed E-state index contributed by atoms with van der Waals surface area (Å²) in [5.74, 6) is 1.01. The molecule has 4 aliphatic rings. The molecule has 0 radical (unpaired) electrons. The van der Waals surface area contributed by atoms with E-state index in [4.69, 9.17) is 24.2 Å². The number of oxime groups is 1. The van der Waals surface area contributed by atoms with Crippen LogP contribution >= 0.6 is 0 Å². The Morgan fingerprint density at radius 3 is 2.48 bits per heavy atom. The fraction of sp³-hybridized carbons (Fsp3) is 0.674. The Balaban J connectivity index is 1.71. The number of unbranched alkanes of at least 4 members (excludes halogenated alkanes) is 2. The maximum absolute atomic E-state index is 14.5.